The molecule has 4 N–H and O–H groups in total. The van der Waals surface area contributed by atoms with Gasteiger partial charge in [0.1, 0.15) is 5.82 Å². The molecule has 1 heterocycles. The van der Waals surface area contributed by atoms with E-state index < -0.39 is 5.82 Å². The first kappa shape index (κ1) is 15.7. The Morgan fingerprint density at radius 2 is 2.33 bits per heavy atom. The van der Waals surface area contributed by atoms with E-state index in [9.17, 15) is 14.3 Å². The molecule has 0 bridgehead atoms. The second-order valence-electron chi connectivity index (χ2n) is 5.59. The predicted octanol–water partition coefficient (Wildman–Crippen LogP) is 1.44. The highest BCUT2D eigenvalue weighted by atomic mass is 19.1. The van der Waals surface area contributed by atoms with Crippen molar-refractivity contribution in [2.45, 2.75) is 25.8 Å². The maximum Gasteiger partial charge on any atom is 0.225 e. The van der Waals surface area contributed by atoms with Crippen molar-refractivity contribution in [2.75, 3.05) is 30.7 Å². The van der Waals surface area contributed by atoms with Crippen LogP contribution in [0.25, 0.3) is 0 Å². The second-order valence-corrected chi connectivity index (χ2v) is 5.59. The van der Waals surface area contributed by atoms with Gasteiger partial charge in [-0.2, -0.15) is 0 Å². The standard InChI is InChI=1S/C15H22FN3O2/c1-10-4-6-19(14(10)9-20)7-5-15(21)18-11-2-3-12(16)13(17)8-11/h2-3,8,10,14,20H,4-7,9,17H2,1H3,(H,18,21). The fourth-order valence-corrected chi connectivity index (χ4v) is 2.75. The zero-order valence-electron chi connectivity index (χ0n) is 12.2. The maximum atomic E-state index is 13.0. The molecule has 1 aromatic rings. The lowest BCUT2D eigenvalue weighted by Gasteiger charge is -2.24. The SMILES string of the molecule is CC1CCN(CCC(=O)Nc2ccc(F)c(N)c2)C1CO. The number of hydrogen-bond donors (Lipinski definition) is 3. The number of carbonyl (C=O) groups excluding carboxylic acids is 1. The summed E-state index contributed by atoms with van der Waals surface area (Å²) in [6.45, 7) is 3.75. The molecule has 1 aliphatic rings. The van der Waals surface area contributed by atoms with Gasteiger partial charge in [0.15, 0.2) is 0 Å². The van der Waals surface area contributed by atoms with E-state index in [0.717, 1.165) is 13.0 Å². The number of halogens is 1. The van der Waals surface area contributed by atoms with Gasteiger partial charge in [-0.25, -0.2) is 4.39 Å². The normalized spacial score (nSPS) is 22.4. The number of aliphatic hydroxyl groups is 1. The van der Waals surface area contributed by atoms with Crippen LogP contribution < -0.4 is 11.1 Å². The van der Waals surface area contributed by atoms with Crippen LogP contribution in [0.3, 0.4) is 0 Å². The molecule has 1 aromatic carbocycles. The van der Waals surface area contributed by atoms with E-state index in [1.54, 1.807) is 0 Å². The van der Waals surface area contributed by atoms with Crippen molar-refractivity contribution < 1.29 is 14.3 Å². The number of likely N-dealkylation sites (tertiary alicyclic amines) is 1. The molecule has 2 atom stereocenters. The minimum atomic E-state index is -0.496. The van der Waals surface area contributed by atoms with E-state index in [-0.39, 0.29) is 24.2 Å². The van der Waals surface area contributed by atoms with Crippen LogP contribution in [0.15, 0.2) is 18.2 Å². The Morgan fingerprint density at radius 3 is 3.00 bits per heavy atom. The molecule has 21 heavy (non-hydrogen) atoms. The number of nitrogens with zero attached hydrogens (tertiary/aromatic N) is 1. The largest absolute Gasteiger partial charge is 0.396 e. The number of carbonyl (C=O) groups is 1. The number of nitrogen functional groups attached to an aromatic ring is 1. The van der Waals surface area contributed by atoms with Crippen molar-refractivity contribution in [3.8, 4) is 0 Å². The summed E-state index contributed by atoms with van der Waals surface area (Å²) in [5, 5.41) is 12.1. The van der Waals surface area contributed by atoms with E-state index in [0.29, 0.717) is 24.6 Å². The summed E-state index contributed by atoms with van der Waals surface area (Å²) < 4.78 is 13.0. The van der Waals surface area contributed by atoms with Crippen LogP contribution in [0.4, 0.5) is 15.8 Å². The maximum absolute atomic E-state index is 13.0. The van der Waals surface area contributed by atoms with Crippen molar-refractivity contribution in [2.24, 2.45) is 5.92 Å². The van der Waals surface area contributed by atoms with E-state index in [2.05, 4.69) is 17.1 Å². The van der Waals surface area contributed by atoms with Gasteiger partial charge in [-0.15, -0.1) is 0 Å². The van der Waals surface area contributed by atoms with Gasteiger partial charge in [0, 0.05) is 24.7 Å². The van der Waals surface area contributed by atoms with Crippen LogP contribution in [-0.4, -0.2) is 41.7 Å². The summed E-state index contributed by atoms with van der Waals surface area (Å²) in [7, 11) is 0. The number of benzene rings is 1. The number of nitrogens with two attached hydrogens (primary N) is 1. The third-order valence-corrected chi connectivity index (χ3v) is 4.09. The molecule has 0 saturated carbocycles. The summed E-state index contributed by atoms with van der Waals surface area (Å²) in [5.74, 6) is -0.183. The van der Waals surface area contributed by atoms with Crippen molar-refractivity contribution in [3.05, 3.63) is 24.0 Å². The Morgan fingerprint density at radius 1 is 1.57 bits per heavy atom. The number of nitrogens with one attached hydrogen (secondary N) is 1. The molecule has 116 valence electrons. The Bertz CT molecular complexity index is 510. The van der Waals surface area contributed by atoms with Gasteiger partial charge >= 0.3 is 0 Å². The zero-order valence-corrected chi connectivity index (χ0v) is 12.2. The zero-order chi connectivity index (χ0) is 15.4. The van der Waals surface area contributed by atoms with Gasteiger partial charge < -0.3 is 16.2 Å². The number of aliphatic hydroxyl groups excluding tert-OH is 1. The Kier molecular flexibility index (Phi) is 5.14. The third-order valence-electron chi connectivity index (χ3n) is 4.09. The number of amides is 1. The second kappa shape index (κ2) is 6.87. The molecule has 2 unspecified atom stereocenters. The lowest BCUT2D eigenvalue weighted by molar-refractivity contribution is -0.116. The summed E-state index contributed by atoms with van der Waals surface area (Å²) in [5.41, 5.74) is 5.97. The molecule has 1 saturated heterocycles. The fraction of sp³-hybridized carbons (Fsp3) is 0.533. The van der Waals surface area contributed by atoms with Crippen LogP contribution in [-0.2, 0) is 4.79 Å². The molecule has 6 heteroatoms. The van der Waals surface area contributed by atoms with E-state index >= 15 is 0 Å². The van der Waals surface area contributed by atoms with Crippen LogP contribution in [0.1, 0.15) is 19.8 Å². The van der Waals surface area contributed by atoms with Crippen LogP contribution in [0.2, 0.25) is 0 Å². The first-order valence-electron chi connectivity index (χ1n) is 7.21. The summed E-state index contributed by atoms with van der Waals surface area (Å²) in [4.78, 5) is 14.0. The van der Waals surface area contributed by atoms with Crippen LogP contribution >= 0.6 is 0 Å². The first-order chi connectivity index (χ1) is 10.0. The highest BCUT2D eigenvalue weighted by Gasteiger charge is 2.30. The number of hydrogen-bond acceptors (Lipinski definition) is 4. The average Bonchev–Trinajstić information content (AvgIpc) is 2.81. The van der Waals surface area contributed by atoms with Gasteiger partial charge in [0.25, 0.3) is 0 Å². The van der Waals surface area contributed by atoms with Crippen molar-refractivity contribution in [1.29, 1.82) is 0 Å². The smallest absolute Gasteiger partial charge is 0.225 e. The monoisotopic (exact) mass is 295 g/mol. The van der Waals surface area contributed by atoms with Gasteiger partial charge in [-0.05, 0) is 37.1 Å². The quantitative estimate of drug-likeness (QED) is 0.718. The Labute approximate surface area is 123 Å². The fourth-order valence-electron chi connectivity index (χ4n) is 2.75. The van der Waals surface area contributed by atoms with E-state index in [1.807, 2.05) is 0 Å². The Balaban J connectivity index is 1.83. The van der Waals surface area contributed by atoms with Gasteiger partial charge in [0.05, 0.1) is 12.3 Å². The molecular weight excluding hydrogens is 273 g/mol. The molecule has 1 amide bonds. The van der Waals surface area contributed by atoms with Crippen molar-refractivity contribution in [1.82, 2.24) is 4.90 Å². The summed E-state index contributed by atoms with van der Waals surface area (Å²) in [6, 6.07) is 4.26. The summed E-state index contributed by atoms with van der Waals surface area (Å²) in [6.07, 6.45) is 1.38. The van der Waals surface area contributed by atoms with Gasteiger partial charge in [-0.3, -0.25) is 9.69 Å². The lowest BCUT2D eigenvalue weighted by atomic mass is 10.0. The predicted molar refractivity (Wildman–Crippen MR) is 80.3 cm³/mol. The van der Waals surface area contributed by atoms with E-state index in [1.165, 1.54) is 18.2 Å². The molecular formula is C15H22FN3O2. The van der Waals surface area contributed by atoms with Crippen LogP contribution in [0, 0.1) is 11.7 Å². The minimum Gasteiger partial charge on any atom is -0.396 e. The average molecular weight is 295 g/mol. The van der Waals surface area contributed by atoms with Gasteiger partial charge in [0.2, 0.25) is 5.91 Å². The molecule has 1 fully saturated rings. The molecule has 5 nitrogen and oxygen atoms in total. The van der Waals surface area contributed by atoms with E-state index in [4.69, 9.17) is 5.73 Å². The number of anilines is 2. The molecule has 0 radical (unpaired) electrons. The minimum absolute atomic E-state index is 0.0153. The van der Waals surface area contributed by atoms with Gasteiger partial charge in [-0.1, -0.05) is 6.92 Å². The van der Waals surface area contributed by atoms with Crippen LogP contribution in [0.5, 0.6) is 0 Å². The molecule has 2 rings (SSSR count). The van der Waals surface area contributed by atoms with Crippen molar-refractivity contribution in [3.63, 3.8) is 0 Å². The number of rotatable bonds is 5. The lowest BCUT2D eigenvalue weighted by Crippen LogP contribution is -2.37. The topological polar surface area (TPSA) is 78.6 Å². The molecule has 0 spiro atoms. The summed E-state index contributed by atoms with van der Waals surface area (Å²) >= 11 is 0. The highest BCUT2D eigenvalue weighted by molar-refractivity contribution is 5.91. The first-order valence-corrected chi connectivity index (χ1v) is 7.21. The highest BCUT2D eigenvalue weighted by Crippen LogP contribution is 2.23. The molecule has 0 aromatic heterocycles. The third kappa shape index (κ3) is 3.92. The molecule has 0 aliphatic carbocycles. The molecule has 1 aliphatic heterocycles. The Hall–Kier alpha value is -1.66. The van der Waals surface area contributed by atoms with Crippen molar-refractivity contribution >= 4 is 17.3 Å².